The number of phenolic OH excluding ortho intramolecular Hbond substituents is 1. The zero-order valence-corrected chi connectivity index (χ0v) is 15.8. The zero-order valence-electron chi connectivity index (χ0n) is 15.8. The lowest BCUT2D eigenvalue weighted by Crippen LogP contribution is -2.22. The predicted octanol–water partition coefficient (Wildman–Crippen LogP) is 5.10. The zero-order chi connectivity index (χ0) is 19.9. The number of halogens is 3. The van der Waals surface area contributed by atoms with Crippen molar-refractivity contribution in [3.05, 3.63) is 57.6 Å². The first-order valence-corrected chi connectivity index (χ1v) is 8.80. The van der Waals surface area contributed by atoms with Gasteiger partial charge in [-0.2, -0.15) is 13.2 Å². The first-order chi connectivity index (χ1) is 12.6. The van der Waals surface area contributed by atoms with Crippen LogP contribution in [0.4, 0.5) is 13.2 Å². The largest absolute Gasteiger partial charge is 0.507 e. The first kappa shape index (κ1) is 19.5. The minimum Gasteiger partial charge on any atom is -0.507 e. The molecule has 0 radical (unpaired) electrons. The number of benzene rings is 2. The molecule has 1 saturated heterocycles. The van der Waals surface area contributed by atoms with Crippen LogP contribution in [0.3, 0.4) is 0 Å². The van der Waals surface area contributed by atoms with Crippen molar-refractivity contribution in [2.24, 2.45) is 0 Å². The normalized spacial score (nSPS) is 17.7. The van der Waals surface area contributed by atoms with E-state index in [2.05, 4.69) is 0 Å². The van der Waals surface area contributed by atoms with Crippen LogP contribution in [0.15, 0.2) is 24.3 Å². The summed E-state index contributed by atoms with van der Waals surface area (Å²) in [5.41, 5.74) is 2.46. The highest BCUT2D eigenvalue weighted by Gasteiger charge is 2.42. The molecule has 27 heavy (non-hydrogen) atoms. The van der Waals surface area contributed by atoms with Gasteiger partial charge in [-0.1, -0.05) is 24.3 Å². The number of epoxide rings is 1. The number of rotatable bonds is 5. The number of hydrogen-bond donors (Lipinski definition) is 1. The topological polar surface area (TPSA) is 42.0 Å². The lowest BCUT2D eigenvalue weighted by Gasteiger charge is -2.24. The van der Waals surface area contributed by atoms with Crippen molar-refractivity contribution in [1.29, 1.82) is 0 Å². The molecule has 2 unspecified atom stereocenters. The summed E-state index contributed by atoms with van der Waals surface area (Å²) in [6.45, 7) is 7.77. The molecule has 0 bridgehead atoms. The van der Waals surface area contributed by atoms with Crippen LogP contribution in [0.25, 0.3) is 0 Å². The Morgan fingerprint density at radius 2 is 1.44 bits per heavy atom. The van der Waals surface area contributed by atoms with E-state index in [1.54, 1.807) is 27.7 Å². The second-order valence-electron chi connectivity index (χ2n) is 7.23. The second kappa shape index (κ2) is 7.08. The second-order valence-corrected chi connectivity index (χ2v) is 7.23. The van der Waals surface area contributed by atoms with Gasteiger partial charge < -0.3 is 14.6 Å². The molecule has 2 aromatic rings. The minimum atomic E-state index is -4.46. The number of hydrogen-bond acceptors (Lipinski definition) is 3. The Bertz CT molecular complexity index is 808. The van der Waals surface area contributed by atoms with E-state index in [0.29, 0.717) is 41.2 Å². The lowest BCUT2D eigenvalue weighted by molar-refractivity contribution is -0.141. The van der Waals surface area contributed by atoms with Crippen LogP contribution < -0.4 is 4.74 Å². The minimum absolute atomic E-state index is 0.0260. The van der Waals surface area contributed by atoms with Crippen LogP contribution in [-0.4, -0.2) is 30.6 Å². The third-order valence-corrected chi connectivity index (χ3v) is 4.81. The fourth-order valence-electron chi connectivity index (χ4n) is 3.45. The average molecular weight is 380 g/mol. The van der Waals surface area contributed by atoms with E-state index in [1.165, 1.54) is 24.3 Å². The maximum atomic E-state index is 14.0. The van der Waals surface area contributed by atoms with Crippen molar-refractivity contribution in [3.63, 3.8) is 0 Å². The quantitative estimate of drug-likeness (QED) is 0.734. The molecule has 1 heterocycles. The molecule has 0 amide bonds. The number of alkyl halides is 3. The Labute approximate surface area is 156 Å². The SMILES string of the molecule is Cc1cc(C(c2cc(C)c(OCC3CO3)c(C)c2)C(F)(F)F)cc(C)c1O. The van der Waals surface area contributed by atoms with Crippen LogP contribution in [0, 0.1) is 27.7 Å². The monoisotopic (exact) mass is 380 g/mol. The van der Waals surface area contributed by atoms with Gasteiger partial charge in [-0.15, -0.1) is 0 Å². The number of phenols is 1. The molecule has 1 aliphatic rings. The molecule has 1 fully saturated rings. The van der Waals surface area contributed by atoms with Crippen LogP contribution in [0.5, 0.6) is 11.5 Å². The third kappa shape index (κ3) is 4.21. The predicted molar refractivity (Wildman–Crippen MR) is 96.6 cm³/mol. The fraction of sp³-hybridized carbons (Fsp3) is 0.429. The number of aryl methyl sites for hydroxylation is 4. The van der Waals surface area contributed by atoms with Gasteiger partial charge >= 0.3 is 6.18 Å². The van der Waals surface area contributed by atoms with Crippen molar-refractivity contribution >= 4 is 0 Å². The summed E-state index contributed by atoms with van der Waals surface area (Å²) in [6, 6.07) is 5.87. The smallest absolute Gasteiger partial charge is 0.399 e. The third-order valence-electron chi connectivity index (χ3n) is 4.81. The van der Waals surface area contributed by atoms with Gasteiger partial charge in [0.2, 0.25) is 0 Å². The maximum absolute atomic E-state index is 14.0. The molecule has 0 aliphatic carbocycles. The van der Waals surface area contributed by atoms with Crippen molar-refractivity contribution < 1.29 is 27.8 Å². The van der Waals surface area contributed by atoms with Gasteiger partial charge in [-0.05, 0) is 61.1 Å². The Morgan fingerprint density at radius 3 is 1.85 bits per heavy atom. The fourth-order valence-corrected chi connectivity index (χ4v) is 3.45. The highest BCUT2D eigenvalue weighted by Crippen LogP contribution is 2.43. The molecule has 3 rings (SSSR count). The van der Waals surface area contributed by atoms with Crippen molar-refractivity contribution in [3.8, 4) is 11.5 Å². The molecule has 0 saturated carbocycles. The standard InChI is InChI=1S/C21H23F3O3/c1-11-5-15(6-12(2)19(11)25)18(21(22,23)24)16-7-13(3)20(14(4)8-16)27-10-17-9-26-17/h5-8,17-18,25H,9-10H2,1-4H3. The Balaban J connectivity index is 2.03. The van der Waals surface area contributed by atoms with E-state index >= 15 is 0 Å². The Morgan fingerprint density at radius 1 is 1.00 bits per heavy atom. The van der Waals surface area contributed by atoms with E-state index in [4.69, 9.17) is 9.47 Å². The summed E-state index contributed by atoms with van der Waals surface area (Å²) in [7, 11) is 0. The molecular weight excluding hydrogens is 357 g/mol. The Hall–Kier alpha value is -2.21. The van der Waals surface area contributed by atoms with Gasteiger partial charge in [0, 0.05) is 0 Å². The summed E-state index contributed by atoms with van der Waals surface area (Å²) in [5.74, 6) is -1.14. The molecule has 146 valence electrons. The number of ether oxygens (including phenoxy) is 2. The summed E-state index contributed by atoms with van der Waals surface area (Å²) in [6.07, 6.45) is -4.38. The highest BCUT2D eigenvalue weighted by atomic mass is 19.4. The van der Waals surface area contributed by atoms with Gasteiger partial charge in [0.1, 0.15) is 30.1 Å². The van der Waals surface area contributed by atoms with Crippen molar-refractivity contribution in [2.75, 3.05) is 13.2 Å². The molecule has 2 aromatic carbocycles. The van der Waals surface area contributed by atoms with Crippen LogP contribution >= 0.6 is 0 Å². The summed E-state index contributed by atoms with van der Waals surface area (Å²) in [5, 5.41) is 9.91. The van der Waals surface area contributed by atoms with Gasteiger partial charge in [-0.3, -0.25) is 0 Å². The van der Waals surface area contributed by atoms with Gasteiger partial charge in [0.25, 0.3) is 0 Å². The van der Waals surface area contributed by atoms with Gasteiger partial charge in [0.15, 0.2) is 0 Å². The van der Waals surface area contributed by atoms with Gasteiger partial charge in [-0.25, -0.2) is 0 Å². The van der Waals surface area contributed by atoms with E-state index in [1.807, 2.05) is 0 Å². The summed E-state index contributed by atoms with van der Waals surface area (Å²) in [4.78, 5) is 0. The summed E-state index contributed by atoms with van der Waals surface area (Å²) < 4.78 is 52.8. The van der Waals surface area contributed by atoms with E-state index in [9.17, 15) is 18.3 Å². The molecular formula is C21H23F3O3. The first-order valence-electron chi connectivity index (χ1n) is 8.80. The molecule has 1 aliphatic heterocycles. The Kier molecular flexibility index (Phi) is 5.12. The van der Waals surface area contributed by atoms with E-state index < -0.39 is 12.1 Å². The number of aromatic hydroxyl groups is 1. The van der Waals surface area contributed by atoms with Crippen LogP contribution in [-0.2, 0) is 4.74 Å². The highest BCUT2D eigenvalue weighted by molar-refractivity contribution is 5.50. The molecule has 2 atom stereocenters. The molecule has 1 N–H and O–H groups in total. The van der Waals surface area contributed by atoms with Crippen LogP contribution in [0.2, 0.25) is 0 Å². The van der Waals surface area contributed by atoms with Gasteiger partial charge in [0.05, 0.1) is 6.61 Å². The lowest BCUT2D eigenvalue weighted by atomic mass is 9.86. The maximum Gasteiger partial charge on any atom is 0.399 e. The van der Waals surface area contributed by atoms with Crippen molar-refractivity contribution in [1.82, 2.24) is 0 Å². The molecule has 0 spiro atoms. The molecule has 0 aromatic heterocycles. The van der Waals surface area contributed by atoms with E-state index in [-0.39, 0.29) is 23.0 Å². The average Bonchev–Trinajstić information content (AvgIpc) is 3.35. The molecule has 6 heteroatoms. The molecule has 3 nitrogen and oxygen atoms in total. The van der Waals surface area contributed by atoms with Crippen molar-refractivity contribution in [2.45, 2.75) is 45.9 Å². The van der Waals surface area contributed by atoms with E-state index in [0.717, 1.165) is 0 Å². The summed E-state index contributed by atoms with van der Waals surface area (Å²) >= 11 is 0. The van der Waals surface area contributed by atoms with Crippen LogP contribution in [0.1, 0.15) is 39.3 Å².